The Bertz CT molecular complexity index is 373. The molecule has 0 N–H and O–H groups in total. The van der Waals surface area contributed by atoms with E-state index in [9.17, 15) is 18.0 Å². The van der Waals surface area contributed by atoms with Gasteiger partial charge in [0.2, 0.25) is 6.05 Å². The molecule has 0 saturated heterocycles. The highest BCUT2D eigenvalue weighted by Crippen LogP contribution is 2.14. The predicted molar refractivity (Wildman–Crippen MR) is 59.9 cm³/mol. The van der Waals surface area contributed by atoms with Crippen LogP contribution in [0.25, 0.3) is 0 Å². The molecule has 0 bridgehead atoms. The molecule has 0 aliphatic carbocycles. The molecule has 0 heterocycles. The SMILES string of the molecule is C[Si](C)(c1ccc(C(=O)CF)cc1)C(F)F. The third-order valence-electron chi connectivity index (χ3n) is 2.62. The van der Waals surface area contributed by atoms with Gasteiger partial charge in [0.25, 0.3) is 0 Å². The molecule has 0 aliphatic heterocycles. The maximum Gasteiger partial charge on any atom is 0.225 e. The van der Waals surface area contributed by atoms with E-state index in [2.05, 4.69) is 0 Å². The predicted octanol–water partition coefficient (Wildman–Crippen LogP) is 2.56. The zero-order chi connectivity index (χ0) is 12.3. The summed E-state index contributed by atoms with van der Waals surface area (Å²) >= 11 is 0. The number of carbonyl (C=O) groups excluding carboxylic acids is 1. The molecule has 5 heteroatoms. The first-order valence-electron chi connectivity index (χ1n) is 4.87. The van der Waals surface area contributed by atoms with Gasteiger partial charge in [0.1, 0.15) is 0 Å². The maximum atomic E-state index is 12.8. The number of hydrogen-bond acceptors (Lipinski definition) is 1. The van der Waals surface area contributed by atoms with Gasteiger partial charge in [-0.15, -0.1) is 0 Å². The summed E-state index contributed by atoms with van der Waals surface area (Å²) in [7, 11) is -2.76. The maximum absolute atomic E-state index is 12.8. The summed E-state index contributed by atoms with van der Waals surface area (Å²) in [6.07, 6.45) is 0. The summed E-state index contributed by atoms with van der Waals surface area (Å²) in [6.45, 7) is 2.06. The fraction of sp³-hybridized carbons (Fsp3) is 0.364. The number of rotatable bonds is 4. The Labute approximate surface area is 93.3 Å². The van der Waals surface area contributed by atoms with Crippen LogP contribution in [0.5, 0.6) is 0 Å². The summed E-state index contributed by atoms with van der Waals surface area (Å²) in [6, 6.07) is 3.47. The standard InChI is InChI=1S/C11H13F3OSi/c1-16(2,11(13)14)9-5-3-8(4-6-9)10(15)7-12/h3-6,11H,7H2,1-2H3. The van der Waals surface area contributed by atoms with Crippen LogP contribution in [-0.4, -0.2) is 26.6 Å². The minimum atomic E-state index is -2.76. The van der Waals surface area contributed by atoms with E-state index < -0.39 is 26.6 Å². The molecule has 1 nitrogen and oxygen atoms in total. The van der Waals surface area contributed by atoms with E-state index in [1.165, 1.54) is 24.3 Å². The molecule has 0 aromatic heterocycles. The second-order valence-electron chi connectivity index (χ2n) is 4.16. The van der Waals surface area contributed by atoms with Gasteiger partial charge >= 0.3 is 0 Å². The first-order chi connectivity index (χ1) is 7.39. The smallest absolute Gasteiger partial charge is 0.225 e. The molecule has 0 spiro atoms. The van der Waals surface area contributed by atoms with Gasteiger partial charge in [-0.3, -0.25) is 4.79 Å². The third-order valence-corrected chi connectivity index (χ3v) is 5.53. The van der Waals surface area contributed by atoms with Crippen LogP contribution in [0.15, 0.2) is 24.3 Å². The van der Waals surface area contributed by atoms with Gasteiger partial charge in [-0.05, 0) is 0 Å². The van der Waals surface area contributed by atoms with Crippen molar-refractivity contribution in [1.82, 2.24) is 0 Å². The Hall–Kier alpha value is -1.10. The van der Waals surface area contributed by atoms with E-state index in [1.807, 2.05) is 0 Å². The Kier molecular flexibility index (Phi) is 3.91. The first-order valence-corrected chi connectivity index (χ1v) is 7.95. The summed E-state index contributed by atoms with van der Waals surface area (Å²) in [5.74, 6) is -0.622. The minimum absolute atomic E-state index is 0.227. The van der Waals surface area contributed by atoms with Crippen LogP contribution in [0.1, 0.15) is 10.4 Å². The van der Waals surface area contributed by atoms with E-state index in [-0.39, 0.29) is 5.56 Å². The van der Waals surface area contributed by atoms with Crippen molar-refractivity contribution in [3.8, 4) is 0 Å². The lowest BCUT2D eigenvalue weighted by Gasteiger charge is -2.21. The summed E-state index contributed by atoms with van der Waals surface area (Å²) < 4.78 is 37.6. The lowest BCUT2D eigenvalue weighted by Crippen LogP contribution is -2.48. The van der Waals surface area contributed by atoms with E-state index in [4.69, 9.17) is 0 Å². The molecule has 0 amide bonds. The Morgan fingerprint density at radius 1 is 1.25 bits per heavy atom. The van der Waals surface area contributed by atoms with Gasteiger partial charge in [0, 0.05) is 5.56 Å². The van der Waals surface area contributed by atoms with Crippen molar-refractivity contribution < 1.29 is 18.0 Å². The van der Waals surface area contributed by atoms with E-state index in [0.717, 1.165) is 0 Å². The van der Waals surface area contributed by atoms with Crippen LogP contribution < -0.4 is 5.19 Å². The number of carbonyl (C=O) groups is 1. The first kappa shape index (κ1) is 13.0. The Morgan fingerprint density at radius 2 is 1.75 bits per heavy atom. The fourth-order valence-corrected chi connectivity index (χ4v) is 2.57. The van der Waals surface area contributed by atoms with Crippen molar-refractivity contribution in [3.63, 3.8) is 0 Å². The Morgan fingerprint density at radius 3 is 2.12 bits per heavy atom. The van der Waals surface area contributed by atoms with Crippen molar-refractivity contribution in [2.24, 2.45) is 0 Å². The van der Waals surface area contributed by atoms with Gasteiger partial charge in [-0.25, -0.2) is 13.2 Å². The van der Waals surface area contributed by atoms with Crippen molar-refractivity contribution in [2.75, 3.05) is 6.67 Å². The van der Waals surface area contributed by atoms with Crippen molar-refractivity contribution >= 4 is 19.0 Å². The lowest BCUT2D eigenvalue weighted by atomic mass is 10.1. The zero-order valence-electron chi connectivity index (χ0n) is 9.14. The van der Waals surface area contributed by atoms with Gasteiger partial charge < -0.3 is 0 Å². The number of benzene rings is 1. The van der Waals surface area contributed by atoms with Crippen LogP contribution in [-0.2, 0) is 0 Å². The average molecular weight is 246 g/mol. The summed E-state index contributed by atoms with van der Waals surface area (Å²) in [4.78, 5) is 11.0. The van der Waals surface area contributed by atoms with Crippen molar-refractivity contribution in [1.29, 1.82) is 0 Å². The highest BCUT2D eigenvalue weighted by atomic mass is 28.3. The molecule has 0 saturated carbocycles. The number of Topliss-reactive ketones (excluding diaryl/α,β-unsaturated/α-hetero) is 1. The largest absolute Gasteiger partial charge is 0.291 e. The van der Waals surface area contributed by atoms with Gasteiger partial charge in [0.05, 0.1) is 0 Å². The molecular weight excluding hydrogens is 233 g/mol. The molecular formula is C11H13F3OSi. The molecule has 16 heavy (non-hydrogen) atoms. The van der Waals surface area contributed by atoms with Crippen LogP contribution in [0, 0.1) is 0 Å². The van der Waals surface area contributed by atoms with Gasteiger partial charge in [-0.1, -0.05) is 42.5 Å². The molecule has 0 atom stereocenters. The highest BCUT2D eigenvalue weighted by Gasteiger charge is 2.34. The van der Waals surface area contributed by atoms with Gasteiger partial charge in [0.15, 0.2) is 20.5 Å². The second-order valence-corrected chi connectivity index (χ2v) is 8.61. The van der Waals surface area contributed by atoms with Crippen LogP contribution in [0.2, 0.25) is 13.1 Å². The number of ketones is 1. The third kappa shape index (κ3) is 2.52. The molecule has 0 aliphatic rings. The molecule has 0 unspecified atom stereocenters. The lowest BCUT2D eigenvalue weighted by molar-refractivity contribution is 0.0958. The zero-order valence-corrected chi connectivity index (χ0v) is 10.1. The normalized spacial score (nSPS) is 11.9. The molecule has 0 fully saturated rings. The van der Waals surface area contributed by atoms with Gasteiger partial charge in [-0.2, -0.15) is 0 Å². The summed E-state index contributed by atoms with van der Waals surface area (Å²) in [5, 5.41) is 0.568. The quantitative estimate of drug-likeness (QED) is 0.589. The van der Waals surface area contributed by atoms with E-state index >= 15 is 0 Å². The highest BCUT2D eigenvalue weighted by molar-refractivity contribution is 6.90. The molecule has 1 aromatic rings. The molecule has 0 radical (unpaired) electrons. The average Bonchev–Trinajstić information content (AvgIpc) is 2.28. The molecule has 1 aromatic carbocycles. The van der Waals surface area contributed by atoms with Crippen molar-refractivity contribution in [2.45, 2.75) is 19.1 Å². The fourth-order valence-electron chi connectivity index (χ4n) is 1.29. The number of alkyl halides is 3. The molecule has 88 valence electrons. The van der Waals surface area contributed by atoms with Crippen LogP contribution >= 0.6 is 0 Å². The van der Waals surface area contributed by atoms with E-state index in [0.29, 0.717) is 5.19 Å². The Balaban J connectivity index is 2.99. The number of hydrogen-bond donors (Lipinski definition) is 0. The summed E-state index contributed by atoms with van der Waals surface area (Å²) in [5.41, 5.74) is 0.227. The van der Waals surface area contributed by atoms with Crippen LogP contribution in [0.3, 0.4) is 0 Å². The molecule has 1 rings (SSSR count). The topological polar surface area (TPSA) is 17.1 Å². The number of halogens is 3. The van der Waals surface area contributed by atoms with E-state index in [1.54, 1.807) is 13.1 Å². The second kappa shape index (κ2) is 4.82. The van der Waals surface area contributed by atoms with Crippen molar-refractivity contribution in [3.05, 3.63) is 29.8 Å². The monoisotopic (exact) mass is 246 g/mol. The van der Waals surface area contributed by atoms with Crippen LogP contribution in [0.4, 0.5) is 13.2 Å². The minimum Gasteiger partial charge on any atom is -0.291 e.